The minimum atomic E-state index is -4.59. The van der Waals surface area contributed by atoms with Crippen LogP contribution < -0.4 is 31.1 Å². The average molecular weight is 945 g/mol. The molecule has 0 saturated heterocycles. The summed E-state index contributed by atoms with van der Waals surface area (Å²) in [5, 5.41) is 50.9. The minimum Gasteiger partial charge on any atom is -0.395 e. The van der Waals surface area contributed by atoms with Crippen LogP contribution in [0.2, 0.25) is 0 Å². The van der Waals surface area contributed by atoms with Gasteiger partial charge in [-0.3, -0.25) is 8.74 Å². The third-order valence-corrected chi connectivity index (χ3v) is 11.3. The fourth-order valence-electron chi connectivity index (χ4n) is 6.31. The molecule has 0 amide bonds. The van der Waals surface area contributed by atoms with Crippen molar-refractivity contribution in [3.8, 4) is 0 Å². The highest BCUT2D eigenvalue weighted by atomic mass is 32.2. The predicted molar refractivity (Wildman–Crippen MR) is 250 cm³/mol. The predicted octanol–water partition coefficient (Wildman–Crippen LogP) is 3.51. The fraction of sp³-hybridized carbons (Fsp3) is 0.238. The molecule has 0 unspecified atom stereocenters. The maximum Gasteiger partial charge on any atom is 0.297 e. The van der Waals surface area contributed by atoms with Crippen LogP contribution in [0.1, 0.15) is 16.7 Å². The highest BCUT2D eigenvalue weighted by Gasteiger charge is 2.21. The van der Waals surface area contributed by atoms with Crippen LogP contribution >= 0.6 is 0 Å². The van der Waals surface area contributed by atoms with Gasteiger partial charge in [0.1, 0.15) is 10.6 Å². The monoisotopic (exact) mass is 944 g/mol. The molecule has 0 radical (unpaired) electrons. The van der Waals surface area contributed by atoms with E-state index in [2.05, 4.69) is 51.2 Å². The number of anilines is 10. The molecule has 6 aromatic rings. The molecule has 0 bridgehead atoms. The summed E-state index contributed by atoms with van der Waals surface area (Å²) in [7, 11) is -7.96. The van der Waals surface area contributed by atoms with Gasteiger partial charge in [0, 0.05) is 48.9 Å². The van der Waals surface area contributed by atoms with Crippen molar-refractivity contribution in [1.29, 1.82) is 0 Å². The number of aliphatic hydroxyl groups excluding tert-OH is 4. The van der Waals surface area contributed by atoms with E-state index in [-0.39, 0.29) is 110 Å². The molecule has 0 aliphatic heterocycles. The van der Waals surface area contributed by atoms with E-state index in [1.165, 1.54) is 30.4 Å². The van der Waals surface area contributed by atoms with Gasteiger partial charge in [-0.25, -0.2) is 0 Å². The van der Waals surface area contributed by atoms with Crippen molar-refractivity contribution >= 4 is 90.8 Å². The zero-order valence-electron chi connectivity index (χ0n) is 35.4. The second kappa shape index (κ2) is 22.8. The molecule has 2 aromatic heterocycles. The molecule has 0 fully saturated rings. The van der Waals surface area contributed by atoms with Crippen LogP contribution in [0, 0.1) is 0 Å². The Morgan fingerprint density at radius 1 is 0.530 bits per heavy atom. The van der Waals surface area contributed by atoms with E-state index in [0.717, 1.165) is 7.11 Å². The van der Waals surface area contributed by atoms with Crippen molar-refractivity contribution in [3.63, 3.8) is 0 Å². The zero-order valence-corrected chi connectivity index (χ0v) is 37.1. The van der Waals surface area contributed by atoms with Gasteiger partial charge in [0.15, 0.2) is 0 Å². The van der Waals surface area contributed by atoms with Crippen LogP contribution in [-0.2, 0) is 30.2 Å². The van der Waals surface area contributed by atoms with Gasteiger partial charge in [0.05, 0.1) is 33.5 Å². The lowest BCUT2D eigenvalue weighted by atomic mass is 10.1. The van der Waals surface area contributed by atoms with Gasteiger partial charge in [0.2, 0.25) is 35.7 Å². The summed E-state index contributed by atoms with van der Waals surface area (Å²) in [5.41, 5.74) is 2.43. The molecule has 0 aliphatic rings. The first-order valence-electron chi connectivity index (χ1n) is 20.1. The lowest BCUT2D eigenvalue weighted by Gasteiger charge is -2.21. The van der Waals surface area contributed by atoms with Crippen molar-refractivity contribution in [2.45, 2.75) is 10.6 Å². The molecule has 348 valence electrons. The summed E-state index contributed by atoms with van der Waals surface area (Å²) in [6, 6.07) is 27.0. The quantitative estimate of drug-likeness (QED) is 0.0238. The van der Waals surface area contributed by atoms with E-state index in [4.69, 9.17) is 4.18 Å². The second-order valence-electron chi connectivity index (χ2n) is 14.0. The van der Waals surface area contributed by atoms with E-state index in [1.807, 2.05) is 36.4 Å². The van der Waals surface area contributed by atoms with Crippen molar-refractivity contribution in [1.82, 2.24) is 29.9 Å². The molecule has 0 saturated carbocycles. The second-order valence-corrected chi connectivity index (χ2v) is 17.1. The molecule has 6 rings (SSSR count). The molecule has 0 spiro atoms. The first-order valence-corrected chi connectivity index (χ1v) is 23.2. The van der Waals surface area contributed by atoms with Gasteiger partial charge in [-0.15, -0.1) is 0 Å². The van der Waals surface area contributed by atoms with E-state index >= 15 is 0 Å². The minimum absolute atomic E-state index is 0.00311. The van der Waals surface area contributed by atoms with E-state index in [0.29, 0.717) is 22.6 Å². The Kier molecular flexibility index (Phi) is 16.8. The summed E-state index contributed by atoms with van der Waals surface area (Å²) < 4.78 is 66.1. The average Bonchev–Trinajstić information content (AvgIpc) is 3.29. The van der Waals surface area contributed by atoms with Crippen molar-refractivity contribution < 1.29 is 46.0 Å². The first-order chi connectivity index (χ1) is 31.8. The first kappa shape index (κ1) is 48.6. The van der Waals surface area contributed by atoms with Crippen molar-refractivity contribution in [3.05, 3.63) is 114 Å². The van der Waals surface area contributed by atoms with Crippen LogP contribution in [0.3, 0.4) is 0 Å². The maximum absolute atomic E-state index is 13.4. The van der Waals surface area contributed by atoms with Gasteiger partial charge in [-0.2, -0.15) is 46.7 Å². The van der Waals surface area contributed by atoms with Crippen LogP contribution in [0.5, 0.6) is 0 Å². The lowest BCUT2D eigenvalue weighted by molar-refractivity contribution is 0.279. The molecule has 22 nitrogen and oxygen atoms in total. The summed E-state index contributed by atoms with van der Waals surface area (Å²) in [6.45, 7) is -0.609. The Morgan fingerprint density at radius 3 is 1.33 bits per heavy atom. The number of rotatable bonds is 24. The van der Waals surface area contributed by atoms with Crippen molar-refractivity contribution in [2.24, 2.45) is 0 Å². The number of hydrogen-bond acceptors (Lipinski definition) is 21. The molecule has 9 N–H and O–H groups in total. The lowest BCUT2D eigenvalue weighted by Crippen LogP contribution is -2.31. The van der Waals surface area contributed by atoms with Gasteiger partial charge in [-0.1, -0.05) is 60.7 Å². The number of aromatic nitrogens is 6. The SMILES string of the molecule is COS(=O)(=O)c1cc(Nc2nc(Nc3ccccc3)nc(N(CCO)CCO)n2)ccc1/C=C/c1ccc(Nc2nc(Nc3ccccc3)nc(N(CCO)CCO)n2)cc1CS(=O)(=O)O. The molecule has 4 aromatic carbocycles. The highest BCUT2D eigenvalue weighted by Crippen LogP contribution is 2.29. The Labute approximate surface area is 380 Å². The number of aliphatic hydroxyl groups is 4. The smallest absolute Gasteiger partial charge is 0.297 e. The standard InChI is InChI=1S/C42H48N12O10S2/c1-64-66(62,63)36-27-35(46-40-48-38(44-33-10-6-3-7-11-33)50-42(52-40)54(20-24-57)21-25-58)17-15-30(36)13-12-29-14-16-34(26-31(29)28-65(59,60)61)45-39-47-37(43-32-8-4-2-5-9-32)49-41(51-39)53(18-22-55)19-23-56/h2-17,26-27,55-58H,18-25,28H2,1H3,(H,59,60,61)(H2,43,45,47,49,51)(H2,44,46,48,50,52)/b13-12+. The van der Waals surface area contributed by atoms with Crippen LogP contribution in [0.15, 0.2) is 102 Å². The van der Waals surface area contributed by atoms with Crippen molar-refractivity contribution in [2.75, 3.05) is 90.8 Å². The molecular weight excluding hydrogens is 897 g/mol. The molecule has 2 heterocycles. The summed E-state index contributed by atoms with van der Waals surface area (Å²) in [6.07, 6.45) is 2.91. The third kappa shape index (κ3) is 13.8. The van der Waals surface area contributed by atoms with E-state index < -0.39 is 26.0 Å². The van der Waals surface area contributed by atoms with Crippen LogP contribution in [-0.4, -0.2) is 131 Å². The fourth-order valence-corrected chi connectivity index (χ4v) is 7.82. The Hall–Kier alpha value is -6.90. The van der Waals surface area contributed by atoms with Gasteiger partial charge in [0.25, 0.3) is 20.2 Å². The number of nitrogens with zero attached hydrogens (tertiary/aromatic N) is 8. The number of hydrogen-bond donors (Lipinski definition) is 9. The highest BCUT2D eigenvalue weighted by molar-refractivity contribution is 7.86. The normalized spacial score (nSPS) is 11.7. The van der Waals surface area contributed by atoms with Gasteiger partial charge in [-0.05, 0) is 65.2 Å². The molecule has 66 heavy (non-hydrogen) atoms. The van der Waals surface area contributed by atoms with Crippen LogP contribution in [0.4, 0.5) is 58.4 Å². The molecular formula is C42H48N12O10S2. The Balaban J connectivity index is 1.33. The topological polar surface area (TPSA) is 311 Å². The molecule has 0 aliphatic carbocycles. The zero-order chi connectivity index (χ0) is 47.1. The summed E-state index contributed by atoms with van der Waals surface area (Å²) in [4.78, 5) is 29.6. The maximum atomic E-state index is 13.4. The molecule has 24 heteroatoms. The Bertz CT molecular complexity index is 2800. The van der Waals surface area contributed by atoms with Gasteiger partial charge < -0.3 is 51.5 Å². The Morgan fingerprint density at radius 2 is 0.924 bits per heavy atom. The number of nitrogens with one attached hydrogen (secondary N) is 4. The molecule has 0 atom stereocenters. The number of benzene rings is 4. The summed E-state index contributed by atoms with van der Waals surface area (Å²) in [5.74, 6) is -0.315. The van der Waals surface area contributed by atoms with Gasteiger partial charge >= 0.3 is 0 Å². The van der Waals surface area contributed by atoms with E-state index in [1.54, 1.807) is 52.3 Å². The van der Waals surface area contributed by atoms with E-state index in [9.17, 15) is 41.8 Å². The third-order valence-electron chi connectivity index (χ3n) is 9.29. The van der Waals surface area contributed by atoms with Crippen LogP contribution in [0.25, 0.3) is 12.2 Å². The number of para-hydroxylation sites is 2. The largest absolute Gasteiger partial charge is 0.395 e. The summed E-state index contributed by atoms with van der Waals surface area (Å²) >= 11 is 0.